The average Bonchev–Trinajstić information content (AvgIpc) is 3.13. The van der Waals surface area contributed by atoms with Crippen molar-refractivity contribution in [2.45, 2.75) is 13.0 Å². The molecule has 6 nitrogen and oxygen atoms in total. The van der Waals surface area contributed by atoms with Crippen molar-refractivity contribution in [1.82, 2.24) is 25.0 Å². The van der Waals surface area contributed by atoms with Gasteiger partial charge in [0.15, 0.2) is 0 Å². The molecule has 0 unspecified atom stereocenters. The quantitative estimate of drug-likeness (QED) is 0.738. The van der Waals surface area contributed by atoms with E-state index in [0.717, 1.165) is 35.6 Å². The van der Waals surface area contributed by atoms with Crippen molar-refractivity contribution in [2.24, 2.45) is 0 Å². The van der Waals surface area contributed by atoms with E-state index in [-0.39, 0.29) is 18.3 Å². The first-order chi connectivity index (χ1) is 13.7. The van der Waals surface area contributed by atoms with Crippen LogP contribution in [0.2, 0.25) is 0 Å². The maximum Gasteiger partial charge on any atom is 0.244 e. The highest BCUT2D eigenvalue weighted by atomic mass is 19.1. The second kappa shape index (κ2) is 8.31. The molecule has 1 aliphatic rings. The predicted molar refractivity (Wildman–Crippen MR) is 104 cm³/mol. The summed E-state index contributed by atoms with van der Waals surface area (Å²) in [5.41, 5.74) is 3.64. The molecule has 1 aliphatic heterocycles. The first kappa shape index (κ1) is 18.3. The molecule has 7 heteroatoms. The summed E-state index contributed by atoms with van der Waals surface area (Å²) in [5.74, 6) is -0.199. The fraction of sp³-hybridized carbons (Fsp3) is 0.286. The number of piperazine rings is 1. The van der Waals surface area contributed by atoms with E-state index in [1.807, 2.05) is 23.1 Å². The Morgan fingerprint density at radius 1 is 1.07 bits per heavy atom. The molecule has 1 aromatic carbocycles. The number of halogens is 1. The molecule has 28 heavy (non-hydrogen) atoms. The Balaban J connectivity index is 1.61. The van der Waals surface area contributed by atoms with Crippen LogP contribution >= 0.6 is 0 Å². The fourth-order valence-electron chi connectivity index (χ4n) is 3.35. The van der Waals surface area contributed by atoms with E-state index in [2.05, 4.69) is 15.4 Å². The normalized spacial score (nSPS) is 14.2. The van der Waals surface area contributed by atoms with Gasteiger partial charge in [-0.15, -0.1) is 0 Å². The molecular formula is C21H22FN5O. The summed E-state index contributed by atoms with van der Waals surface area (Å²) >= 11 is 0. The average molecular weight is 379 g/mol. The number of nitrogens with one attached hydrogen (secondary N) is 1. The molecule has 0 spiro atoms. The molecule has 0 radical (unpaired) electrons. The van der Waals surface area contributed by atoms with Crippen LogP contribution < -0.4 is 5.32 Å². The van der Waals surface area contributed by atoms with E-state index in [0.29, 0.717) is 19.5 Å². The minimum Gasteiger partial charge on any atom is -0.339 e. The van der Waals surface area contributed by atoms with Gasteiger partial charge in [0.25, 0.3) is 0 Å². The van der Waals surface area contributed by atoms with Gasteiger partial charge in [0.2, 0.25) is 5.91 Å². The summed E-state index contributed by atoms with van der Waals surface area (Å²) in [6, 6.07) is 12.2. The monoisotopic (exact) mass is 379 g/mol. The van der Waals surface area contributed by atoms with Crippen molar-refractivity contribution in [3.63, 3.8) is 0 Å². The highest BCUT2D eigenvalue weighted by Crippen LogP contribution is 2.21. The second-order valence-corrected chi connectivity index (χ2v) is 6.85. The topological polar surface area (TPSA) is 63.1 Å². The van der Waals surface area contributed by atoms with Crippen LogP contribution in [0.5, 0.6) is 0 Å². The zero-order valence-electron chi connectivity index (χ0n) is 15.5. The summed E-state index contributed by atoms with van der Waals surface area (Å²) in [5, 5.41) is 7.94. The van der Waals surface area contributed by atoms with E-state index >= 15 is 0 Å². The molecule has 0 bridgehead atoms. The van der Waals surface area contributed by atoms with Crippen LogP contribution in [0.1, 0.15) is 11.3 Å². The Kier molecular flexibility index (Phi) is 5.43. The number of amides is 1. The van der Waals surface area contributed by atoms with Crippen LogP contribution in [0.4, 0.5) is 4.39 Å². The summed E-state index contributed by atoms with van der Waals surface area (Å²) in [6.07, 6.45) is 4.02. The van der Waals surface area contributed by atoms with E-state index in [1.54, 1.807) is 29.2 Å². The smallest absolute Gasteiger partial charge is 0.244 e. The molecule has 1 fully saturated rings. The number of aromatic nitrogens is 3. The van der Waals surface area contributed by atoms with Crippen LogP contribution in [0.15, 0.2) is 54.9 Å². The minimum absolute atomic E-state index is 0.0613. The molecule has 0 atom stereocenters. The molecule has 2 aromatic heterocycles. The lowest BCUT2D eigenvalue weighted by molar-refractivity contribution is -0.132. The van der Waals surface area contributed by atoms with Gasteiger partial charge in [-0.3, -0.25) is 14.5 Å². The molecule has 1 saturated heterocycles. The molecule has 3 heterocycles. The molecule has 144 valence electrons. The second-order valence-electron chi connectivity index (χ2n) is 6.85. The Bertz CT molecular complexity index is 933. The SMILES string of the molecule is O=C(Cn1nc(-c2ccncc2)cc1Cc1ccc(F)cc1)N1CCNCC1. The molecule has 4 rings (SSSR count). The number of rotatable bonds is 5. The van der Waals surface area contributed by atoms with Crippen LogP contribution in [0.3, 0.4) is 0 Å². The third kappa shape index (κ3) is 4.26. The lowest BCUT2D eigenvalue weighted by Gasteiger charge is -2.27. The van der Waals surface area contributed by atoms with Gasteiger partial charge < -0.3 is 10.2 Å². The van der Waals surface area contributed by atoms with Gasteiger partial charge in [0.05, 0.1) is 5.69 Å². The standard InChI is InChI=1S/C21H22FN5O/c22-18-3-1-16(2-4-18)13-19-14-20(17-5-7-23-8-6-17)25-27(19)15-21(28)26-11-9-24-10-12-26/h1-8,14,24H,9-13,15H2. The lowest BCUT2D eigenvalue weighted by Crippen LogP contribution is -2.47. The molecule has 0 aliphatic carbocycles. The summed E-state index contributed by atoms with van der Waals surface area (Å²) in [6.45, 7) is 3.25. The van der Waals surface area contributed by atoms with E-state index in [9.17, 15) is 9.18 Å². The molecule has 1 amide bonds. The summed E-state index contributed by atoms with van der Waals surface area (Å²) in [4.78, 5) is 18.7. The number of carbonyl (C=O) groups is 1. The van der Waals surface area contributed by atoms with Crippen LogP contribution in [-0.4, -0.2) is 51.8 Å². The fourth-order valence-corrected chi connectivity index (χ4v) is 3.35. The van der Waals surface area contributed by atoms with Gasteiger partial charge in [-0.05, 0) is 35.9 Å². The van der Waals surface area contributed by atoms with Gasteiger partial charge in [0.1, 0.15) is 12.4 Å². The van der Waals surface area contributed by atoms with Gasteiger partial charge in [-0.2, -0.15) is 5.10 Å². The largest absolute Gasteiger partial charge is 0.339 e. The number of benzene rings is 1. The zero-order valence-corrected chi connectivity index (χ0v) is 15.5. The van der Waals surface area contributed by atoms with Gasteiger partial charge >= 0.3 is 0 Å². The van der Waals surface area contributed by atoms with Gasteiger partial charge in [-0.1, -0.05) is 12.1 Å². The predicted octanol–water partition coefficient (Wildman–Crippen LogP) is 2.11. The molecule has 1 N–H and O–H groups in total. The maximum absolute atomic E-state index is 13.2. The Morgan fingerprint density at radius 3 is 2.50 bits per heavy atom. The van der Waals surface area contributed by atoms with E-state index < -0.39 is 0 Å². The maximum atomic E-state index is 13.2. The number of pyridine rings is 1. The van der Waals surface area contributed by atoms with Gasteiger partial charge in [0, 0.05) is 56.3 Å². The first-order valence-electron chi connectivity index (χ1n) is 9.39. The van der Waals surface area contributed by atoms with Crippen molar-refractivity contribution in [3.05, 3.63) is 71.9 Å². The highest BCUT2D eigenvalue weighted by Gasteiger charge is 2.19. The van der Waals surface area contributed by atoms with Crippen LogP contribution in [-0.2, 0) is 17.8 Å². The number of carbonyl (C=O) groups excluding carboxylic acids is 1. The Hall–Kier alpha value is -3.06. The van der Waals surface area contributed by atoms with Crippen LogP contribution in [0.25, 0.3) is 11.3 Å². The Labute approximate surface area is 163 Å². The van der Waals surface area contributed by atoms with Gasteiger partial charge in [-0.25, -0.2) is 4.39 Å². The first-order valence-corrected chi connectivity index (χ1v) is 9.39. The zero-order chi connectivity index (χ0) is 19.3. The summed E-state index contributed by atoms with van der Waals surface area (Å²) < 4.78 is 15.0. The lowest BCUT2D eigenvalue weighted by atomic mass is 10.1. The van der Waals surface area contributed by atoms with E-state index in [1.165, 1.54) is 12.1 Å². The molecule has 0 saturated carbocycles. The third-order valence-corrected chi connectivity index (χ3v) is 4.89. The number of nitrogens with zero attached hydrogens (tertiary/aromatic N) is 4. The molecular weight excluding hydrogens is 357 g/mol. The minimum atomic E-state index is -0.261. The summed E-state index contributed by atoms with van der Waals surface area (Å²) in [7, 11) is 0. The van der Waals surface area contributed by atoms with Crippen LogP contribution in [0, 0.1) is 5.82 Å². The third-order valence-electron chi connectivity index (χ3n) is 4.89. The highest BCUT2D eigenvalue weighted by molar-refractivity contribution is 5.76. The number of hydrogen-bond donors (Lipinski definition) is 1. The van der Waals surface area contributed by atoms with E-state index in [4.69, 9.17) is 0 Å². The van der Waals surface area contributed by atoms with Crippen molar-refractivity contribution in [2.75, 3.05) is 26.2 Å². The van der Waals surface area contributed by atoms with Crippen molar-refractivity contribution in [3.8, 4) is 11.3 Å². The van der Waals surface area contributed by atoms with Crippen molar-refractivity contribution < 1.29 is 9.18 Å². The van der Waals surface area contributed by atoms with Crippen molar-refractivity contribution in [1.29, 1.82) is 0 Å². The molecule has 3 aromatic rings. The Morgan fingerprint density at radius 2 is 1.79 bits per heavy atom. The number of hydrogen-bond acceptors (Lipinski definition) is 4. The van der Waals surface area contributed by atoms with Crippen molar-refractivity contribution >= 4 is 5.91 Å².